The summed E-state index contributed by atoms with van der Waals surface area (Å²) in [5.74, 6) is 0. The van der Waals surface area contributed by atoms with Crippen LogP contribution >= 0.6 is 34.7 Å². The molecule has 11 nitrogen and oxygen atoms in total. The molecule has 0 radical (unpaired) electrons. The fourth-order valence-corrected chi connectivity index (χ4v) is 4.98. The van der Waals surface area contributed by atoms with Crippen LogP contribution in [0.4, 0.5) is 0 Å². The van der Waals surface area contributed by atoms with Crippen molar-refractivity contribution in [3.05, 3.63) is 34.6 Å². The molecular weight excluding hydrogens is 468 g/mol. The molecule has 0 bridgehead atoms. The summed E-state index contributed by atoms with van der Waals surface area (Å²) in [5.41, 5.74) is -0.101. The van der Waals surface area contributed by atoms with Gasteiger partial charge in [-0.15, -0.1) is 5.10 Å². The van der Waals surface area contributed by atoms with E-state index in [9.17, 15) is 20.4 Å². The predicted molar refractivity (Wildman–Crippen MR) is 109 cm³/mol. The topological polar surface area (TPSA) is 170 Å². The lowest BCUT2D eigenvalue weighted by atomic mass is 9.97. The SMILES string of the molecule is N#Cc1ncc(SC2OC(CO)C(O)C(n3cc(-c4csc(O)n4)nn3)C2O)cc1Cl. The zero-order valence-electron chi connectivity index (χ0n) is 15.5. The third kappa shape index (κ3) is 4.37. The van der Waals surface area contributed by atoms with Crippen molar-refractivity contribution in [1.82, 2.24) is 25.0 Å². The second-order valence-corrected chi connectivity index (χ2v) is 8.94. The Morgan fingerprint density at radius 2 is 2.13 bits per heavy atom. The van der Waals surface area contributed by atoms with Crippen molar-refractivity contribution < 1.29 is 25.2 Å². The first-order valence-corrected chi connectivity index (χ1v) is 11.0. The zero-order valence-corrected chi connectivity index (χ0v) is 17.9. The van der Waals surface area contributed by atoms with Gasteiger partial charge in [-0.2, -0.15) is 5.26 Å². The van der Waals surface area contributed by atoms with Gasteiger partial charge in [-0.25, -0.2) is 14.6 Å². The fraction of sp³-hybridized carbons (Fsp3) is 0.353. The molecule has 1 saturated heterocycles. The molecule has 0 aromatic carbocycles. The van der Waals surface area contributed by atoms with Crippen molar-refractivity contribution in [2.24, 2.45) is 0 Å². The number of thioether (sulfide) groups is 1. The number of rotatable bonds is 5. The minimum Gasteiger partial charge on any atom is -0.486 e. The summed E-state index contributed by atoms with van der Waals surface area (Å²) in [6.45, 7) is -0.491. The molecule has 0 aliphatic carbocycles. The Labute approximate surface area is 188 Å². The Morgan fingerprint density at radius 1 is 1.32 bits per heavy atom. The highest BCUT2D eigenvalue weighted by molar-refractivity contribution is 7.99. The summed E-state index contributed by atoms with van der Waals surface area (Å²) in [4.78, 5) is 8.40. The highest BCUT2D eigenvalue weighted by Gasteiger charge is 2.46. The van der Waals surface area contributed by atoms with E-state index in [1.807, 2.05) is 6.07 Å². The fourth-order valence-electron chi connectivity index (χ4n) is 3.10. The van der Waals surface area contributed by atoms with Crippen molar-refractivity contribution in [2.45, 2.75) is 34.7 Å². The van der Waals surface area contributed by atoms with E-state index in [1.165, 1.54) is 23.1 Å². The van der Waals surface area contributed by atoms with Gasteiger partial charge >= 0.3 is 0 Å². The Morgan fingerprint density at radius 3 is 2.77 bits per heavy atom. The largest absolute Gasteiger partial charge is 0.486 e. The van der Waals surface area contributed by atoms with Crippen molar-refractivity contribution in [1.29, 1.82) is 5.26 Å². The first-order valence-electron chi connectivity index (χ1n) is 8.82. The molecule has 0 spiro atoms. The van der Waals surface area contributed by atoms with E-state index in [0.29, 0.717) is 16.3 Å². The lowest BCUT2D eigenvalue weighted by Crippen LogP contribution is -2.55. The van der Waals surface area contributed by atoms with Gasteiger partial charge in [-0.3, -0.25) is 0 Å². The smallest absolute Gasteiger partial charge is 0.271 e. The average Bonchev–Trinajstić information content (AvgIpc) is 3.39. The number of aromatic nitrogens is 5. The van der Waals surface area contributed by atoms with Gasteiger partial charge < -0.3 is 25.2 Å². The van der Waals surface area contributed by atoms with Crippen molar-refractivity contribution in [2.75, 3.05) is 6.61 Å². The van der Waals surface area contributed by atoms with Crippen LogP contribution in [0.2, 0.25) is 5.02 Å². The minimum atomic E-state index is -1.28. The van der Waals surface area contributed by atoms with Crippen molar-refractivity contribution in [3.63, 3.8) is 0 Å². The molecule has 5 atom stereocenters. The standard InChI is InChI=1S/C17H15ClN6O5S2/c18-8-1-7(3-20-9(8)2-19)31-16-15(27)13(14(26)12(5-25)29-16)24-4-10(22-23-24)11-6-30-17(28)21-11/h1,3-4,6,12-16,25-27H,5H2,(H,21,28). The number of hydrogen-bond acceptors (Lipinski definition) is 12. The number of aliphatic hydroxyl groups is 3. The van der Waals surface area contributed by atoms with Crippen LogP contribution in [0, 0.1) is 11.3 Å². The molecule has 3 aromatic heterocycles. The van der Waals surface area contributed by atoms with E-state index in [0.717, 1.165) is 23.1 Å². The number of ether oxygens (including phenoxy) is 1. The van der Waals surface area contributed by atoms with Crippen LogP contribution < -0.4 is 0 Å². The van der Waals surface area contributed by atoms with Crippen LogP contribution in [-0.2, 0) is 4.74 Å². The van der Waals surface area contributed by atoms with E-state index in [-0.39, 0.29) is 15.9 Å². The lowest BCUT2D eigenvalue weighted by Gasteiger charge is -2.41. The zero-order chi connectivity index (χ0) is 22.1. The monoisotopic (exact) mass is 482 g/mol. The third-order valence-corrected chi connectivity index (χ3v) is 6.64. The summed E-state index contributed by atoms with van der Waals surface area (Å²) in [5, 5.41) is 59.3. The molecule has 1 fully saturated rings. The second-order valence-electron chi connectivity index (χ2n) is 6.53. The van der Waals surface area contributed by atoms with Gasteiger partial charge in [0.05, 0.1) is 17.8 Å². The molecule has 1 aliphatic heterocycles. The summed E-state index contributed by atoms with van der Waals surface area (Å²) < 4.78 is 6.96. The number of aliphatic hydroxyl groups excluding tert-OH is 3. The maximum absolute atomic E-state index is 10.9. The Balaban J connectivity index is 1.60. The summed E-state index contributed by atoms with van der Waals surface area (Å²) in [6.07, 6.45) is -0.633. The van der Waals surface area contributed by atoms with Gasteiger partial charge in [0.25, 0.3) is 5.19 Å². The molecule has 14 heteroatoms. The summed E-state index contributed by atoms with van der Waals surface area (Å²) in [6, 6.07) is 2.40. The Hall–Kier alpha value is -2.31. The highest BCUT2D eigenvalue weighted by atomic mass is 35.5. The molecule has 0 amide bonds. The van der Waals surface area contributed by atoms with Crippen molar-refractivity contribution in [3.8, 4) is 22.7 Å². The van der Waals surface area contributed by atoms with Gasteiger partial charge in [0, 0.05) is 16.5 Å². The molecule has 31 heavy (non-hydrogen) atoms. The van der Waals surface area contributed by atoms with Crippen molar-refractivity contribution >= 4 is 34.7 Å². The normalized spacial score (nSPS) is 26.0. The van der Waals surface area contributed by atoms with Gasteiger partial charge in [0.1, 0.15) is 47.2 Å². The molecular formula is C17H15ClN6O5S2. The minimum absolute atomic E-state index is 0.0703. The maximum atomic E-state index is 10.9. The molecule has 5 unspecified atom stereocenters. The van der Waals surface area contributed by atoms with E-state index >= 15 is 0 Å². The summed E-state index contributed by atoms with van der Waals surface area (Å²) >= 11 is 8.13. The molecule has 4 heterocycles. The number of aromatic hydroxyl groups is 1. The van der Waals surface area contributed by atoms with E-state index in [4.69, 9.17) is 21.6 Å². The van der Waals surface area contributed by atoms with Crippen LogP contribution in [0.15, 0.2) is 28.7 Å². The van der Waals surface area contributed by atoms with E-state index in [2.05, 4.69) is 20.3 Å². The quantitative estimate of drug-likeness (QED) is 0.405. The van der Waals surface area contributed by atoms with Gasteiger partial charge in [0.15, 0.2) is 5.69 Å². The number of nitrogens with zero attached hydrogens (tertiary/aromatic N) is 6. The summed E-state index contributed by atoms with van der Waals surface area (Å²) in [7, 11) is 0. The first kappa shape index (κ1) is 21.9. The predicted octanol–water partition coefficient (Wildman–Crippen LogP) is 0.800. The van der Waals surface area contributed by atoms with Crippen LogP contribution in [0.1, 0.15) is 11.7 Å². The number of thiazole rings is 1. The molecule has 3 aromatic rings. The third-order valence-electron chi connectivity index (χ3n) is 4.59. The molecule has 0 saturated carbocycles. The first-order chi connectivity index (χ1) is 14.9. The van der Waals surface area contributed by atoms with Crippen LogP contribution in [0.3, 0.4) is 0 Å². The number of pyridine rings is 1. The second kappa shape index (κ2) is 9.05. The van der Waals surface area contributed by atoms with E-state index < -0.39 is 36.4 Å². The molecule has 4 rings (SSSR count). The van der Waals surface area contributed by atoms with Crippen LogP contribution in [0.5, 0.6) is 5.19 Å². The Bertz CT molecular complexity index is 1120. The number of hydrogen-bond donors (Lipinski definition) is 4. The van der Waals surface area contributed by atoms with Crippen LogP contribution in [0.25, 0.3) is 11.4 Å². The van der Waals surface area contributed by atoms with Gasteiger partial charge in [-0.1, -0.05) is 39.9 Å². The molecule has 1 aliphatic rings. The lowest BCUT2D eigenvalue weighted by molar-refractivity contribution is -0.178. The van der Waals surface area contributed by atoms with Gasteiger partial charge in [-0.05, 0) is 6.07 Å². The van der Waals surface area contributed by atoms with Crippen LogP contribution in [-0.4, -0.2) is 75.7 Å². The highest BCUT2D eigenvalue weighted by Crippen LogP contribution is 2.38. The van der Waals surface area contributed by atoms with Gasteiger partial charge in [0.2, 0.25) is 0 Å². The number of nitriles is 1. The van der Waals surface area contributed by atoms with E-state index in [1.54, 1.807) is 5.38 Å². The average molecular weight is 483 g/mol. The molecule has 4 N–H and O–H groups in total. The Kier molecular flexibility index (Phi) is 6.39. The number of halogens is 1. The molecule has 162 valence electrons. The maximum Gasteiger partial charge on any atom is 0.271 e.